The van der Waals surface area contributed by atoms with E-state index in [4.69, 9.17) is 86.2 Å². The fraction of sp³-hybridized carbons (Fsp3) is 0.667. The van der Waals surface area contributed by atoms with Gasteiger partial charge < -0.3 is 100 Å². The molecule has 5 fully saturated rings. The topological polar surface area (TPSA) is 722 Å². The van der Waals surface area contributed by atoms with Crippen molar-refractivity contribution in [2.45, 2.75) is 155 Å². The van der Waals surface area contributed by atoms with Gasteiger partial charge >= 0.3 is 28.4 Å². The van der Waals surface area contributed by atoms with Crippen LogP contribution in [0.5, 0.6) is 0 Å². The van der Waals surface area contributed by atoms with Crippen molar-refractivity contribution in [1.82, 2.24) is 72.7 Å². The highest BCUT2D eigenvalue weighted by molar-refractivity contribution is 4.95. The number of aromatic nitrogens is 15. The van der Waals surface area contributed by atoms with Crippen molar-refractivity contribution < 1.29 is 115 Å². The van der Waals surface area contributed by atoms with E-state index in [2.05, 4.69) is 34.9 Å². The van der Waals surface area contributed by atoms with Crippen molar-refractivity contribution in [3.8, 4) is 0 Å². The fourth-order valence-electron chi connectivity index (χ4n) is 8.27. The van der Waals surface area contributed by atoms with Crippen LogP contribution >= 0.6 is 0 Å². The molecule has 5 aromatic heterocycles. The third-order valence-electron chi connectivity index (χ3n) is 13.0. The Bertz CT molecular complexity index is 4290. The zero-order valence-electron chi connectivity index (χ0n) is 56.9. The van der Waals surface area contributed by atoms with Gasteiger partial charge in [-0.05, 0) is 0 Å². The fourth-order valence-corrected chi connectivity index (χ4v) is 8.27. The average molecular weight is 1300 g/mol. The number of nitrogens with one attached hydrogen (secondary N) is 10. The maximum atomic E-state index is 11.6. The maximum Gasteiger partial charge on any atom is 0.329 e. The molecule has 25 N–H and O–H groups in total. The van der Waals surface area contributed by atoms with Crippen molar-refractivity contribution in [3.05, 3.63) is 112 Å². The van der Waals surface area contributed by atoms with E-state index in [1.54, 1.807) is 0 Å². The second kappa shape index (κ2) is 32.3. The van der Waals surface area contributed by atoms with Crippen LogP contribution in [0.25, 0.3) is 0 Å². The molecule has 20 atom stereocenters. The normalized spacial score (nSPS) is 36.9. The summed E-state index contributed by atoms with van der Waals surface area (Å²) in [5, 5.41) is 178. The van der Waals surface area contributed by atoms with E-state index in [1.807, 2.05) is 15.0 Å². The summed E-state index contributed by atoms with van der Waals surface area (Å²) < 4.78 is 112. The number of aromatic amines is 5. The Kier molecular flexibility index (Phi) is 20.2. The van der Waals surface area contributed by atoms with Gasteiger partial charge in [-0.15, -0.1) is 0 Å². The molecule has 90 heavy (non-hydrogen) atoms. The Morgan fingerprint density at radius 1 is 0.367 bits per heavy atom. The van der Waals surface area contributed by atoms with Crippen LogP contribution in [0.3, 0.4) is 0 Å². The Labute approximate surface area is 514 Å². The number of hydrogen-bond donors (Lipinski definition) is 25. The minimum absolute atomic E-state index is 0.347. The first-order chi connectivity index (χ1) is 46.7. The molecule has 5 saturated heterocycles. The second-order valence-electron chi connectivity index (χ2n) is 19.1. The predicted molar refractivity (Wildman–Crippen MR) is 282 cm³/mol. The monoisotopic (exact) mass is 1300 g/mol. The van der Waals surface area contributed by atoms with Crippen LogP contribution in [0.2, 0.25) is 0 Å². The van der Waals surface area contributed by atoms with Gasteiger partial charge in [-0.3, -0.25) is 74.8 Å². The molecule has 5 unspecified atom stereocenters. The van der Waals surface area contributed by atoms with Crippen molar-refractivity contribution in [2.75, 3.05) is 33.0 Å². The van der Waals surface area contributed by atoms with Crippen LogP contribution in [0.1, 0.15) is 15.1 Å². The average Bonchev–Trinajstić information content (AvgIpc) is 1.71. The largest absolute Gasteiger partial charge is 0.394 e. The molecule has 0 spiro atoms. The standard InChI is InChI=1S/5C9H14N4O5/c5*10-8-11-3-13(9(17)12-8)1-4-6(15)7(16)5(2-14)18-4/h5*3-7,14-16H,1-2H2,(H2,10,12,17)/t5*4-,5+,6+,7?/m00000/s1/i3D,7D;3D,6D;3D,5D;3D,4D;2D2,3D. The first-order valence-electron chi connectivity index (χ1n) is 31.2. The van der Waals surface area contributed by atoms with Crippen LogP contribution < -0.4 is 56.5 Å². The molecular formula is C45H70N20O25. The van der Waals surface area contributed by atoms with E-state index in [-0.39, 0.29) is 13.1 Å². The molecule has 0 aliphatic carbocycles. The quantitative estimate of drug-likeness (QED) is 0.0463. The van der Waals surface area contributed by atoms with E-state index < -0.39 is 263 Å². The highest BCUT2D eigenvalue weighted by Gasteiger charge is 2.46. The Morgan fingerprint density at radius 3 is 0.956 bits per heavy atom. The zero-order valence-corrected chi connectivity index (χ0v) is 45.9. The van der Waals surface area contributed by atoms with Crippen molar-refractivity contribution in [3.63, 3.8) is 0 Å². The van der Waals surface area contributed by atoms with Gasteiger partial charge in [-0.1, -0.05) is 0 Å². The third-order valence-corrected chi connectivity index (χ3v) is 13.0. The minimum Gasteiger partial charge on any atom is -0.394 e. The first-order valence-corrected chi connectivity index (χ1v) is 25.7. The van der Waals surface area contributed by atoms with Crippen LogP contribution in [-0.2, 0) is 56.4 Å². The second-order valence-corrected chi connectivity index (χ2v) is 19.1. The van der Waals surface area contributed by atoms with Crippen LogP contribution in [0.4, 0.5) is 0 Å². The number of rotatable bonds is 15. The number of aliphatic hydroxyl groups excluding tert-OH is 12. The lowest BCUT2D eigenvalue weighted by Gasteiger charge is -2.15. The number of nitrogens with zero attached hydrogens (tertiary/aromatic N) is 10. The highest BCUT2D eigenvalue weighted by Crippen LogP contribution is 2.25. The lowest BCUT2D eigenvalue weighted by Crippen LogP contribution is -2.39. The van der Waals surface area contributed by atoms with Gasteiger partial charge in [0.05, 0.1) is 73.9 Å². The third kappa shape index (κ3) is 18.0. The molecule has 10 rings (SSSR count). The van der Waals surface area contributed by atoms with Gasteiger partial charge in [-0.2, -0.15) is 0 Å². The summed E-state index contributed by atoms with van der Waals surface area (Å²) in [5.41, 5.74) is -6.56. The molecule has 45 nitrogen and oxygen atoms in total. The van der Waals surface area contributed by atoms with Gasteiger partial charge in [0.25, 0.3) is 0 Å². The number of aliphatic hydroxyl groups is 15. The molecule has 500 valence electrons. The van der Waals surface area contributed by atoms with Crippen LogP contribution in [0, 0.1) is 27.0 Å². The molecule has 45 heteroatoms. The number of H-pyrrole nitrogens is 5. The summed E-state index contributed by atoms with van der Waals surface area (Å²) in [7, 11) is 0. The van der Waals surface area contributed by atoms with Gasteiger partial charge in [0.15, 0.2) is 0 Å². The van der Waals surface area contributed by atoms with E-state index in [1.165, 1.54) is 0 Å². The van der Waals surface area contributed by atoms with Crippen molar-refractivity contribution in [2.24, 2.45) is 0 Å². The molecule has 5 aliphatic rings. The summed E-state index contributed by atoms with van der Waals surface area (Å²) in [5.74, 6) is 0. The van der Waals surface area contributed by atoms with Crippen molar-refractivity contribution in [1.29, 1.82) is 27.0 Å². The Balaban J connectivity index is 0.000000199. The summed E-state index contributed by atoms with van der Waals surface area (Å²) in [6, 6.07) is 0. The predicted octanol–water partition coefficient (Wildman–Crippen LogP) is -17.3. The maximum absolute atomic E-state index is 11.6. The lowest BCUT2D eigenvalue weighted by atomic mass is 10.1. The Hall–Kier alpha value is -7.75. The van der Waals surface area contributed by atoms with Crippen LogP contribution in [-0.4, -0.2) is 304 Å². The van der Waals surface area contributed by atoms with Crippen LogP contribution in [0.15, 0.2) is 55.5 Å². The smallest absolute Gasteiger partial charge is 0.329 e. The van der Waals surface area contributed by atoms with Gasteiger partial charge in [0.1, 0.15) is 160 Å². The summed E-state index contributed by atoms with van der Waals surface area (Å²) in [4.78, 5) is 85.4. The lowest BCUT2D eigenvalue weighted by molar-refractivity contribution is -0.0270. The minimum atomic E-state index is -2.88. The summed E-state index contributed by atoms with van der Waals surface area (Å²) in [6.45, 7) is -7.67. The molecular weight excluding hydrogens is 1220 g/mol. The molecule has 0 amide bonds. The molecule has 0 radical (unpaired) electrons. The van der Waals surface area contributed by atoms with Gasteiger partial charge in [0, 0.05) is 0 Å². The van der Waals surface area contributed by atoms with E-state index in [0.717, 1.165) is 18.3 Å². The molecule has 0 saturated carbocycles. The van der Waals surface area contributed by atoms with Crippen molar-refractivity contribution >= 4 is 0 Å². The molecule has 10 heterocycles. The first kappa shape index (κ1) is 56.2. The van der Waals surface area contributed by atoms with Gasteiger partial charge in [-0.25, -0.2) is 48.9 Å². The summed E-state index contributed by atoms with van der Waals surface area (Å²) >= 11 is 0. The zero-order chi connectivity index (χ0) is 76.3. The molecule has 0 aromatic carbocycles. The molecule has 0 bridgehead atoms. The summed E-state index contributed by atoms with van der Waals surface area (Å²) in [6.07, 6.45) is -34.8. The Morgan fingerprint density at radius 2 is 0.633 bits per heavy atom. The highest BCUT2D eigenvalue weighted by atomic mass is 16.6. The van der Waals surface area contributed by atoms with E-state index in [0.29, 0.717) is 4.57 Å². The van der Waals surface area contributed by atoms with E-state index in [9.17, 15) is 80.1 Å². The van der Waals surface area contributed by atoms with Gasteiger partial charge in [0.2, 0.25) is 28.1 Å². The SMILES string of the molecule is [2H]c1nc(=N)[nH]c(=O)n1C[C@@H]1O[C@H](C([2H])([2H])O)C(O)[C@@H]1O.[2H]c1nc(=N)[nH]c(=O)n1C[C@@H]1O[C@H](CO)C(O)[C@]1([2H])O.[2H]c1nc(=N)[nH]c(=O)n1C[C@@H]1O[C@H](CO)C([2H])(O)[C@@H]1O.[2H]c1nc(=N)[nH]c(=O)n1C[C@@H]1O[C@]([2H])(CO)C(O)[C@@H]1O.[2H]c1nc(=N)[nH]c(=O)n1C[C@]1([2H])O[C@H](CO)C(O)[C@@H]1O. The van der Waals surface area contributed by atoms with E-state index >= 15 is 0 Å². The molecule has 5 aliphatic heterocycles. The molecule has 5 aromatic rings. The number of ether oxygens (including phenoxy) is 5. The number of hydrogen-bond acceptors (Lipinski definition) is 35.